The number of carboxylic acid groups (broad SMARTS) is 1. The summed E-state index contributed by atoms with van der Waals surface area (Å²) in [4.78, 5) is 12.6. The summed E-state index contributed by atoms with van der Waals surface area (Å²) >= 11 is 1.67. The molecule has 0 aromatic carbocycles. The molecule has 0 aliphatic carbocycles. The minimum absolute atomic E-state index is 0.0719. The second-order valence-electron chi connectivity index (χ2n) is 4.72. The van der Waals surface area contributed by atoms with Crippen LogP contribution in [-0.4, -0.2) is 16.6 Å². The van der Waals surface area contributed by atoms with Gasteiger partial charge in [0.25, 0.3) is 0 Å². The molecule has 0 radical (unpaired) electrons. The molecule has 0 saturated carbocycles. The Hall–Kier alpha value is -0.870. The van der Waals surface area contributed by atoms with Crippen LogP contribution in [0.15, 0.2) is 11.4 Å². The van der Waals surface area contributed by atoms with Crippen molar-refractivity contribution < 1.29 is 9.90 Å². The van der Waals surface area contributed by atoms with Crippen LogP contribution in [-0.2, 0) is 4.79 Å². The number of hydrogen-bond acceptors (Lipinski definition) is 3. The molecule has 17 heavy (non-hydrogen) atoms. The van der Waals surface area contributed by atoms with Crippen LogP contribution in [0.4, 0.5) is 0 Å². The fourth-order valence-corrected chi connectivity index (χ4v) is 3.05. The molecule has 0 bridgehead atoms. The molecule has 1 heterocycles. The second-order valence-corrected chi connectivity index (χ2v) is 5.67. The van der Waals surface area contributed by atoms with Crippen molar-refractivity contribution in [2.75, 3.05) is 0 Å². The molecule has 0 aliphatic heterocycles. The maximum absolute atomic E-state index is 11.3. The third-order valence-corrected chi connectivity index (χ3v) is 4.25. The monoisotopic (exact) mass is 255 g/mol. The quantitative estimate of drug-likeness (QED) is 0.819. The number of aryl methyl sites for hydroxylation is 1. The van der Waals surface area contributed by atoms with E-state index in [4.69, 9.17) is 0 Å². The molecular formula is C13H21NO2S. The van der Waals surface area contributed by atoms with Crippen molar-refractivity contribution in [3.63, 3.8) is 0 Å². The molecule has 2 unspecified atom stereocenters. The zero-order chi connectivity index (χ0) is 13.1. The number of nitrogens with one attached hydrogen (secondary N) is 1. The molecule has 4 heteroatoms. The fraction of sp³-hybridized carbons (Fsp3) is 0.615. The van der Waals surface area contributed by atoms with E-state index in [0.717, 1.165) is 6.42 Å². The first kappa shape index (κ1) is 14.2. The largest absolute Gasteiger partial charge is 0.480 e. The molecule has 0 saturated heterocycles. The van der Waals surface area contributed by atoms with Crippen LogP contribution in [0.2, 0.25) is 0 Å². The van der Waals surface area contributed by atoms with Gasteiger partial charge >= 0.3 is 5.97 Å². The van der Waals surface area contributed by atoms with Crippen LogP contribution < -0.4 is 5.32 Å². The molecule has 2 N–H and O–H groups in total. The van der Waals surface area contributed by atoms with Crippen LogP contribution in [0.25, 0.3) is 0 Å². The Morgan fingerprint density at radius 2 is 2.29 bits per heavy atom. The molecule has 1 rings (SSSR count). The van der Waals surface area contributed by atoms with E-state index in [1.165, 1.54) is 10.4 Å². The van der Waals surface area contributed by atoms with Crippen LogP contribution >= 0.6 is 11.3 Å². The van der Waals surface area contributed by atoms with E-state index in [0.29, 0.717) is 6.42 Å². The molecule has 0 amide bonds. The summed E-state index contributed by atoms with van der Waals surface area (Å²) in [5.41, 5.74) is 0.379. The summed E-state index contributed by atoms with van der Waals surface area (Å²) < 4.78 is 0. The van der Waals surface area contributed by atoms with Gasteiger partial charge in [0.05, 0.1) is 0 Å². The van der Waals surface area contributed by atoms with E-state index in [1.807, 2.05) is 19.2 Å². The molecule has 96 valence electrons. The van der Waals surface area contributed by atoms with Crippen LogP contribution in [0.1, 0.15) is 50.1 Å². The van der Waals surface area contributed by atoms with E-state index >= 15 is 0 Å². The number of carboxylic acids is 1. The Labute approximate surface area is 107 Å². The zero-order valence-corrected chi connectivity index (χ0v) is 11.7. The summed E-state index contributed by atoms with van der Waals surface area (Å²) in [6, 6.07) is 2.14. The maximum Gasteiger partial charge on any atom is 0.323 e. The minimum atomic E-state index is -0.843. The average molecular weight is 255 g/mol. The summed E-state index contributed by atoms with van der Waals surface area (Å²) in [5, 5.41) is 14.6. The van der Waals surface area contributed by atoms with Crippen LogP contribution in [0.3, 0.4) is 0 Å². The third-order valence-electron chi connectivity index (χ3n) is 3.05. The van der Waals surface area contributed by atoms with Crippen LogP contribution in [0, 0.1) is 6.92 Å². The summed E-state index contributed by atoms with van der Waals surface area (Å²) in [5.74, 6) is -0.777. The van der Waals surface area contributed by atoms with Crippen molar-refractivity contribution in [1.82, 2.24) is 5.32 Å². The third kappa shape index (κ3) is 3.30. The van der Waals surface area contributed by atoms with Crippen molar-refractivity contribution in [3.8, 4) is 0 Å². The number of carbonyl (C=O) groups is 1. The van der Waals surface area contributed by atoms with Gasteiger partial charge in [0, 0.05) is 10.9 Å². The maximum atomic E-state index is 11.3. The molecule has 1 aromatic rings. The van der Waals surface area contributed by atoms with E-state index in [2.05, 4.69) is 18.3 Å². The highest BCUT2D eigenvalue weighted by atomic mass is 32.1. The Balaban J connectivity index is 2.81. The standard InChI is InChI=1S/C13H21NO2S/c1-5-7-13(4,12(15)16)14-10(3)11-9(2)6-8-17-11/h6,8,10,14H,5,7H2,1-4H3,(H,15,16). The Morgan fingerprint density at radius 3 is 2.71 bits per heavy atom. The summed E-state index contributed by atoms with van der Waals surface area (Å²) in [7, 11) is 0. The van der Waals surface area contributed by atoms with E-state index < -0.39 is 11.5 Å². The Morgan fingerprint density at radius 1 is 1.65 bits per heavy atom. The zero-order valence-electron chi connectivity index (χ0n) is 10.9. The molecule has 3 nitrogen and oxygen atoms in total. The molecule has 0 spiro atoms. The van der Waals surface area contributed by atoms with Gasteiger partial charge in [-0.2, -0.15) is 0 Å². The summed E-state index contributed by atoms with van der Waals surface area (Å²) in [6.45, 7) is 7.85. The minimum Gasteiger partial charge on any atom is -0.480 e. The Kier molecular flexibility index (Phi) is 4.71. The fourth-order valence-electron chi connectivity index (χ4n) is 2.11. The van der Waals surface area contributed by atoms with E-state index in [1.54, 1.807) is 18.3 Å². The Bertz CT molecular complexity index is 389. The lowest BCUT2D eigenvalue weighted by atomic mass is 9.95. The van der Waals surface area contributed by atoms with Crippen molar-refractivity contribution in [3.05, 3.63) is 21.9 Å². The van der Waals surface area contributed by atoms with Gasteiger partial charge in [0.15, 0.2) is 0 Å². The van der Waals surface area contributed by atoms with E-state index in [9.17, 15) is 9.90 Å². The molecular weight excluding hydrogens is 234 g/mol. The summed E-state index contributed by atoms with van der Waals surface area (Å²) in [6.07, 6.45) is 1.49. The van der Waals surface area contributed by atoms with Gasteiger partial charge in [-0.15, -0.1) is 11.3 Å². The van der Waals surface area contributed by atoms with Gasteiger partial charge in [0.2, 0.25) is 0 Å². The topological polar surface area (TPSA) is 49.3 Å². The van der Waals surface area contributed by atoms with E-state index in [-0.39, 0.29) is 6.04 Å². The predicted molar refractivity (Wildman–Crippen MR) is 71.6 cm³/mol. The van der Waals surface area contributed by atoms with Gasteiger partial charge < -0.3 is 5.11 Å². The molecule has 0 aliphatic rings. The predicted octanol–water partition coefficient (Wildman–Crippen LogP) is 3.35. The number of hydrogen-bond donors (Lipinski definition) is 2. The van der Waals surface area contributed by atoms with Crippen molar-refractivity contribution in [2.24, 2.45) is 0 Å². The number of aliphatic carboxylic acids is 1. The number of thiophene rings is 1. The van der Waals surface area contributed by atoms with Crippen molar-refractivity contribution in [2.45, 2.75) is 52.1 Å². The molecule has 1 aromatic heterocycles. The van der Waals surface area contributed by atoms with Gasteiger partial charge in [-0.1, -0.05) is 13.3 Å². The highest BCUT2D eigenvalue weighted by molar-refractivity contribution is 7.10. The smallest absolute Gasteiger partial charge is 0.323 e. The van der Waals surface area contributed by atoms with Crippen molar-refractivity contribution >= 4 is 17.3 Å². The first-order chi connectivity index (χ1) is 7.90. The van der Waals surface area contributed by atoms with Crippen LogP contribution in [0.5, 0.6) is 0 Å². The average Bonchev–Trinajstić information content (AvgIpc) is 2.64. The lowest BCUT2D eigenvalue weighted by Gasteiger charge is -2.29. The van der Waals surface area contributed by atoms with Crippen molar-refractivity contribution in [1.29, 1.82) is 0 Å². The first-order valence-corrected chi connectivity index (χ1v) is 6.83. The lowest BCUT2D eigenvalue weighted by Crippen LogP contribution is -2.50. The highest BCUT2D eigenvalue weighted by Gasteiger charge is 2.33. The SMILES string of the molecule is CCCC(C)(NC(C)c1sccc1C)C(=O)O. The highest BCUT2D eigenvalue weighted by Crippen LogP contribution is 2.26. The second kappa shape index (κ2) is 5.65. The molecule has 2 atom stereocenters. The lowest BCUT2D eigenvalue weighted by molar-refractivity contribution is -0.144. The van der Waals surface area contributed by atoms with Gasteiger partial charge in [-0.25, -0.2) is 0 Å². The van der Waals surface area contributed by atoms with Gasteiger partial charge in [-0.05, 0) is 44.2 Å². The first-order valence-electron chi connectivity index (χ1n) is 5.95. The molecule has 0 fully saturated rings. The normalized spacial score (nSPS) is 16.5. The number of rotatable bonds is 6. The van der Waals surface area contributed by atoms with Gasteiger partial charge in [0.1, 0.15) is 5.54 Å². The van der Waals surface area contributed by atoms with Gasteiger partial charge in [-0.3, -0.25) is 10.1 Å².